The quantitative estimate of drug-likeness (QED) is 0.746. The number of sulfone groups is 1. The van der Waals surface area contributed by atoms with E-state index in [-0.39, 0.29) is 11.3 Å². The topological polar surface area (TPSA) is 49.4 Å². The van der Waals surface area contributed by atoms with Crippen molar-refractivity contribution in [2.45, 2.75) is 65.0 Å². The highest BCUT2D eigenvalue weighted by Gasteiger charge is 2.36. The molecule has 0 saturated carbocycles. The van der Waals surface area contributed by atoms with Crippen molar-refractivity contribution in [3.05, 3.63) is 0 Å². The van der Waals surface area contributed by atoms with Crippen LogP contribution in [0.5, 0.6) is 0 Å². The van der Waals surface area contributed by atoms with Crippen molar-refractivity contribution in [1.29, 1.82) is 0 Å². The van der Waals surface area contributed by atoms with Crippen molar-refractivity contribution >= 4 is 9.84 Å². The molecule has 1 saturated heterocycles. The van der Waals surface area contributed by atoms with Gasteiger partial charge in [-0.3, -0.25) is 4.90 Å². The first-order valence-electron chi connectivity index (χ1n) is 8.11. The summed E-state index contributed by atoms with van der Waals surface area (Å²) in [5, 5.41) is 3.72. The zero-order chi connectivity index (χ0) is 15.2. The fraction of sp³-hybridized carbons (Fsp3) is 1.00. The minimum absolute atomic E-state index is 0.167. The average Bonchev–Trinajstić information content (AvgIpc) is 2.47. The van der Waals surface area contributed by atoms with E-state index < -0.39 is 9.84 Å². The smallest absolute Gasteiger partial charge is 0.151 e. The van der Waals surface area contributed by atoms with Crippen LogP contribution in [0.1, 0.15) is 53.4 Å². The normalized spacial score (nSPS) is 23.9. The zero-order valence-electron chi connectivity index (χ0n) is 13.6. The lowest BCUT2D eigenvalue weighted by Gasteiger charge is -2.47. The second-order valence-electron chi connectivity index (χ2n) is 6.02. The maximum Gasteiger partial charge on any atom is 0.151 e. The predicted molar refractivity (Wildman–Crippen MR) is 85.9 cm³/mol. The largest absolute Gasteiger partial charge is 0.308 e. The van der Waals surface area contributed by atoms with Crippen molar-refractivity contribution in [1.82, 2.24) is 10.2 Å². The van der Waals surface area contributed by atoms with E-state index >= 15 is 0 Å². The Morgan fingerprint density at radius 3 is 2.35 bits per heavy atom. The van der Waals surface area contributed by atoms with Gasteiger partial charge in [-0.05, 0) is 19.3 Å². The number of hydrogen-bond donors (Lipinski definition) is 1. The molecule has 1 aliphatic heterocycles. The molecule has 0 amide bonds. The van der Waals surface area contributed by atoms with E-state index in [9.17, 15) is 8.42 Å². The minimum Gasteiger partial charge on any atom is -0.308 e. The van der Waals surface area contributed by atoms with Crippen LogP contribution in [-0.2, 0) is 9.84 Å². The third-order valence-electron chi connectivity index (χ3n) is 4.84. The molecule has 0 aliphatic carbocycles. The lowest BCUT2D eigenvalue weighted by atomic mass is 9.88. The van der Waals surface area contributed by atoms with Crippen molar-refractivity contribution in [3.8, 4) is 0 Å². The van der Waals surface area contributed by atoms with E-state index in [0.717, 1.165) is 38.8 Å². The summed E-state index contributed by atoms with van der Waals surface area (Å²) >= 11 is 0. The molecule has 4 nitrogen and oxygen atoms in total. The van der Waals surface area contributed by atoms with Gasteiger partial charge in [-0.15, -0.1) is 0 Å². The van der Waals surface area contributed by atoms with Gasteiger partial charge in [0, 0.05) is 37.0 Å². The summed E-state index contributed by atoms with van der Waals surface area (Å²) in [4.78, 5) is 2.42. The number of nitrogens with zero attached hydrogens (tertiary/aromatic N) is 1. The highest BCUT2D eigenvalue weighted by molar-refractivity contribution is 7.91. The molecule has 1 aliphatic rings. The molecule has 0 aromatic rings. The van der Waals surface area contributed by atoms with Crippen molar-refractivity contribution in [3.63, 3.8) is 0 Å². The van der Waals surface area contributed by atoms with Gasteiger partial charge in [-0.25, -0.2) is 8.42 Å². The number of piperazine rings is 1. The molecule has 0 bridgehead atoms. The molecule has 1 unspecified atom stereocenters. The third-order valence-corrected chi connectivity index (χ3v) is 6.52. The maximum atomic E-state index is 11.8. The highest BCUT2D eigenvalue weighted by atomic mass is 32.2. The molecule has 1 N–H and O–H groups in total. The molecule has 0 radical (unpaired) electrons. The van der Waals surface area contributed by atoms with Crippen LogP contribution >= 0.6 is 0 Å². The second-order valence-corrected chi connectivity index (χ2v) is 8.49. The van der Waals surface area contributed by atoms with Crippen molar-refractivity contribution < 1.29 is 8.42 Å². The lowest BCUT2D eigenvalue weighted by Crippen LogP contribution is -2.64. The third kappa shape index (κ3) is 4.71. The Hall–Kier alpha value is -0.130. The van der Waals surface area contributed by atoms with E-state index in [0.29, 0.717) is 18.3 Å². The van der Waals surface area contributed by atoms with Gasteiger partial charge in [0.1, 0.15) is 0 Å². The van der Waals surface area contributed by atoms with Crippen LogP contribution in [0.2, 0.25) is 0 Å². The van der Waals surface area contributed by atoms with Crippen molar-refractivity contribution in [2.24, 2.45) is 0 Å². The van der Waals surface area contributed by atoms with Gasteiger partial charge in [-0.2, -0.15) is 0 Å². The Kier molecular flexibility index (Phi) is 6.95. The number of rotatable bonds is 8. The summed E-state index contributed by atoms with van der Waals surface area (Å²) in [6.07, 6.45) is 4.48. The van der Waals surface area contributed by atoms with Crippen LogP contribution < -0.4 is 5.32 Å². The van der Waals surface area contributed by atoms with Crippen LogP contribution in [0, 0.1) is 0 Å². The van der Waals surface area contributed by atoms with Crippen LogP contribution in [-0.4, -0.2) is 56.0 Å². The standard InChI is InChI=1S/C15H32N2O2S/c1-5-9-14-12-16-15(6-2,7-3)13-17(14)10-11-20(18,19)8-4/h14,16H,5-13H2,1-4H3. The zero-order valence-corrected chi connectivity index (χ0v) is 14.4. The first-order valence-corrected chi connectivity index (χ1v) is 9.93. The fourth-order valence-corrected chi connectivity index (χ4v) is 3.84. The van der Waals surface area contributed by atoms with Crippen LogP contribution in [0.3, 0.4) is 0 Å². The minimum atomic E-state index is -2.87. The molecule has 0 spiro atoms. The molecule has 5 heteroatoms. The van der Waals surface area contributed by atoms with E-state index in [4.69, 9.17) is 0 Å². The molecule has 120 valence electrons. The molecular formula is C15H32N2O2S. The molecule has 1 heterocycles. The van der Waals surface area contributed by atoms with Crippen LogP contribution in [0.4, 0.5) is 0 Å². The Labute approximate surface area is 125 Å². The van der Waals surface area contributed by atoms with Gasteiger partial charge in [-0.1, -0.05) is 34.1 Å². The maximum absolute atomic E-state index is 11.8. The molecule has 20 heavy (non-hydrogen) atoms. The average molecular weight is 305 g/mol. The number of hydrogen-bond acceptors (Lipinski definition) is 4. The van der Waals surface area contributed by atoms with Gasteiger partial charge in [0.05, 0.1) is 5.75 Å². The van der Waals surface area contributed by atoms with Gasteiger partial charge in [0.25, 0.3) is 0 Å². The first kappa shape index (κ1) is 17.9. The molecule has 1 rings (SSSR count). The van der Waals surface area contributed by atoms with Crippen LogP contribution in [0.15, 0.2) is 0 Å². The van der Waals surface area contributed by atoms with Crippen molar-refractivity contribution in [2.75, 3.05) is 31.1 Å². The first-order chi connectivity index (χ1) is 9.42. The Morgan fingerprint density at radius 1 is 1.20 bits per heavy atom. The summed E-state index contributed by atoms with van der Waals surface area (Å²) in [6, 6.07) is 0.485. The van der Waals surface area contributed by atoms with E-state index in [2.05, 4.69) is 31.0 Å². The van der Waals surface area contributed by atoms with Crippen LogP contribution in [0.25, 0.3) is 0 Å². The second kappa shape index (κ2) is 7.76. The fourth-order valence-electron chi connectivity index (χ4n) is 3.04. The summed E-state index contributed by atoms with van der Waals surface area (Å²) in [7, 11) is -2.87. The number of nitrogens with one attached hydrogen (secondary N) is 1. The van der Waals surface area contributed by atoms with E-state index in [1.54, 1.807) is 6.92 Å². The SMILES string of the molecule is CCCC1CNC(CC)(CC)CN1CCS(=O)(=O)CC. The summed E-state index contributed by atoms with van der Waals surface area (Å²) in [5.41, 5.74) is 0.167. The monoisotopic (exact) mass is 304 g/mol. The molecule has 1 atom stereocenters. The summed E-state index contributed by atoms with van der Waals surface area (Å²) in [6.45, 7) is 11.0. The van der Waals surface area contributed by atoms with Gasteiger partial charge < -0.3 is 5.32 Å². The van der Waals surface area contributed by atoms with Gasteiger partial charge in [0.2, 0.25) is 0 Å². The highest BCUT2D eigenvalue weighted by Crippen LogP contribution is 2.24. The van der Waals surface area contributed by atoms with Gasteiger partial charge >= 0.3 is 0 Å². The molecular weight excluding hydrogens is 272 g/mol. The Balaban J connectivity index is 2.73. The summed E-state index contributed by atoms with van der Waals surface area (Å²) in [5.74, 6) is 0.553. The molecule has 1 fully saturated rings. The molecule has 0 aromatic carbocycles. The predicted octanol–water partition coefficient (Wildman–Crippen LogP) is 2.05. The summed E-state index contributed by atoms with van der Waals surface area (Å²) < 4.78 is 23.5. The Morgan fingerprint density at radius 2 is 1.85 bits per heavy atom. The Bertz CT molecular complexity index is 377. The van der Waals surface area contributed by atoms with E-state index in [1.807, 2.05) is 0 Å². The van der Waals surface area contributed by atoms with E-state index in [1.165, 1.54) is 0 Å². The lowest BCUT2D eigenvalue weighted by molar-refractivity contribution is 0.0732. The molecule has 0 aromatic heterocycles. The van der Waals surface area contributed by atoms with Gasteiger partial charge in [0.15, 0.2) is 9.84 Å².